The highest BCUT2D eigenvalue weighted by molar-refractivity contribution is 5.71. The summed E-state index contributed by atoms with van der Waals surface area (Å²) >= 11 is 0. The zero-order valence-electron chi connectivity index (χ0n) is 14.3. The van der Waals surface area contributed by atoms with Crippen LogP contribution in [0.3, 0.4) is 0 Å². The summed E-state index contributed by atoms with van der Waals surface area (Å²) in [7, 11) is 0. The van der Waals surface area contributed by atoms with Crippen LogP contribution in [0.5, 0.6) is 0 Å². The Labute approximate surface area is 135 Å². The van der Waals surface area contributed by atoms with Crippen molar-refractivity contribution in [3.05, 3.63) is 36.5 Å². The van der Waals surface area contributed by atoms with Gasteiger partial charge in [-0.2, -0.15) is 0 Å². The highest BCUT2D eigenvalue weighted by atomic mass is 16.5. The minimum absolute atomic E-state index is 0.0206. The van der Waals surface area contributed by atoms with Gasteiger partial charge in [0.15, 0.2) is 0 Å². The molecule has 22 heavy (non-hydrogen) atoms. The van der Waals surface area contributed by atoms with Gasteiger partial charge >= 0.3 is 5.97 Å². The molecule has 3 nitrogen and oxygen atoms in total. The van der Waals surface area contributed by atoms with Crippen molar-refractivity contribution in [1.29, 1.82) is 0 Å². The van der Waals surface area contributed by atoms with Gasteiger partial charge in [-0.25, -0.2) is 0 Å². The average Bonchev–Trinajstić information content (AvgIpc) is 2.46. The molecular weight excluding hydrogens is 274 g/mol. The van der Waals surface area contributed by atoms with Crippen LogP contribution in [0.15, 0.2) is 36.5 Å². The SMILES string of the molecule is C=C/C=C(\C=C/C)C(CC(=O)OC1CCCC(C)C1)NCC. The van der Waals surface area contributed by atoms with Crippen LogP contribution >= 0.6 is 0 Å². The van der Waals surface area contributed by atoms with E-state index in [-0.39, 0.29) is 18.1 Å². The molecule has 1 fully saturated rings. The minimum atomic E-state index is -0.107. The van der Waals surface area contributed by atoms with E-state index in [0.29, 0.717) is 12.3 Å². The lowest BCUT2D eigenvalue weighted by molar-refractivity contribution is -0.151. The quantitative estimate of drug-likeness (QED) is 0.540. The second-order valence-corrected chi connectivity index (χ2v) is 6.10. The molecule has 3 unspecified atom stereocenters. The fourth-order valence-corrected chi connectivity index (χ4v) is 3.06. The van der Waals surface area contributed by atoms with Crippen LogP contribution in [0.2, 0.25) is 0 Å². The maximum absolute atomic E-state index is 12.3. The number of rotatable bonds is 8. The van der Waals surface area contributed by atoms with Gasteiger partial charge in [-0.05, 0) is 44.2 Å². The molecule has 1 aliphatic rings. The molecule has 0 aromatic heterocycles. The van der Waals surface area contributed by atoms with E-state index in [4.69, 9.17) is 4.74 Å². The van der Waals surface area contributed by atoms with Crippen LogP contribution in [-0.4, -0.2) is 24.7 Å². The summed E-state index contributed by atoms with van der Waals surface area (Å²) in [6.07, 6.45) is 12.6. The summed E-state index contributed by atoms with van der Waals surface area (Å²) in [4.78, 5) is 12.3. The molecular formula is C19H31NO2. The molecule has 0 radical (unpaired) electrons. The zero-order chi connectivity index (χ0) is 16.4. The summed E-state index contributed by atoms with van der Waals surface area (Å²) in [6, 6.07) is -0.0206. The van der Waals surface area contributed by atoms with Gasteiger partial charge in [-0.3, -0.25) is 4.79 Å². The molecule has 0 heterocycles. The highest BCUT2D eigenvalue weighted by Crippen LogP contribution is 2.26. The molecule has 3 heteroatoms. The van der Waals surface area contributed by atoms with Crippen molar-refractivity contribution in [2.75, 3.05) is 6.54 Å². The molecule has 0 aromatic carbocycles. The first kappa shape index (κ1) is 18.7. The van der Waals surface area contributed by atoms with Crippen LogP contribution in [-0.2, 0) is 9.53 Å². The summed E-state index contributed by atoms with van der Waals surface area (Å²) in [6.45, 7) is 10.8. The van der Waals surface area contributed by atoms with Crippen molar-refractivity contribution in [1.82, 2.24) is 5.32 Å². The average molecular weight is 305 g/mol. The molecule has 0 bridgehead atoms. The van der Waals surface area contributed by atoms with Crippen LogP contribution in [0, 0.1) is 5.92 Å². The Morgan fingerprint density at radius 3 is 2.82 bits per heavy atom. The standard InChI is InChI=1S/C19H31NO2/c1-5-9-16(10-6-2)18(20-7-3)14-19(21)22-17-12-8-11-15(4)13-17/h5-6,9-10,15,17-18,20H,1,7-8,11-14H2,2-4H3/b10-6-,16-9+. The highest BCUT2D eigenvalue weighted by Gasteiger charge is 2.24. The number of carbonyl (C=O) groups is 1. The predicted octanol–water partition coefficient (Wildman–Crippen LogP) is 4.17. The van der Waals surface area contributed by atoms with Gasteiger partial charge in [-0.15, -0.1) is 0 Å². The Morgan fingerprint density at radius 1 is 1.45 bits per heavy atom. The summed E-state index contributed by atoms with van der Waals surface area (Å²) in [5.74, 6) is 0.555. The van der Waals surface area contributed by atoms with Crippen LogP contribution in [0.4, 0.5) is 0 Å². The maximum atomic E-state index is 12.3. The Bertz CT molecular complexity index is 412. The Kier molecular flexibility index (Phi) is 8.83. The molecule has 0 spiro atoms. The van der Waals surface area contributed by atoms with Crippen molar-refractivity contribution in [2.45, 2.75) is 65.0 Å². The number of ether oxygens (including phenoxy) is 1. The zero-order valence-corrected chi connectivity index (χ0v) is 14.3. The third-order valence-corrected chi connectivity index (χ3v) is 4.08. The largest absolute Gasteiger partial charge is 0.462 e. The minimum Gasteiger partial charge on any atom is -0.462 e. The van der Waals surface area contributed by atoms with Crippen molar-refractivity contribution in [3.63, 3.8) is 0 Å². The monoisotopic (exact) mass is 305 g/mol. The second kappa shape index (κ2) is 10.4. The number of likely N-dealkylation sites (N-methyl/N-ethyl adjacent to an activating group) is 1. The van der Waals surface area contributed by atoms with Crippen LogP contribution < -0.4 is 5.32 Å². The van der Waals surface area contributed by atoms with Crippen LogP contribution in [0.1, 0.15) is 52.9 Å². The molecule has 0 aliphatic heterocycles. The third-order valence-electron chi connectivity index (χ3n) is 4.08. The molecule has 1 aliphatic carbocycles. The lowest BCUT2D eigenvalue weighted by atomic mass is 9.88. The van der Waals surface area contributed by atoms with E-state index < -0.39 is 0 Å². The van der Waals surface area contributed by atoms with E-state index in [1.54, 1.807) is 6.08 Å². The molecule has 124 valence electrons. The fraction of sp³-hybridized carbons (Fsp3) is 0.632. The number of esters is 1. The number of hydrogen-bond acceptors (Lipinski definition) is 3. The molecule has 0 amide bonds. The fourth-order valence-electron chi connectivity index (χ4n) is 3.06. The van der Waals surface area contributed by atoms with Crippen molar-refractivity contribution < 1.29 is 9.53 Å². The second-order valence-electron chi connectivity index (χ2n) is 6.10. The summed E-state index contributed by atoms with van der Waals surface area (Å²) in [5.41, 5.74) is 1.06. The van der Waals surface area contributed by atoms with Crippen molar-refractivity contribution >= 4 is 5.97 Å². The first-order valence-electron chi connectivity index (χ1n) is 8.48. The number of hydrogen-bond donors (Lipinski definition) is 1. The molecule has 0 saturated heterocycles. The molecule has 0 aromatic rings. The smallest absolute Gasteiger partial charge is 0.307 e. The van der Waals surface area contributed by atoms with Gasteiger partial charge in [0.05, 0.1) is 6.42 Å². The number of nitrogens with one attached hydrogen (secondary N) is 1. The van der Waals surface area contributed by atoms with Gasteiger partial charge in [0.1, 0.15) is 6.10 Å². The van der Waals surface area contributed by atoms with E-state index in [2.05, 4.69) is 18.8 Å². The Morgan fingerprint density at radius 2 is 2.23 bits per heavy atom. The lowest BCUT2D eigenvalue weighted by Crippen LogP contribution is -2.34. The van der Waals surface area contributed by atoms with E-state index in [9.17, 15) is 4.79 Å². The Hall–Kier alpha value is -1.35. The van der Waals surface area contributed by atoms with Gasteiger partial charge < -0.3 is 10.1 Å². The molecule has 1 saturated carbocycles. The van der Waals surface area contributed by atoms with Gasteiger partial charge in [0, 0.05) is 6.04 Å². The lowest BCUT2D eigenvalue weighted by Gasteiger charge is -2.27. The maximum Gasteiger partial charge on any atom is 0.307 e. The number of allylic oxidation sites excluding steroid dienone is 3. The van der Waals surface area contributed by atoms with Crippen LogP contribution in [0.25, 0.3) is 0 Å². The normalized spacial score (nSPS) is 24.2. The third kappa shape index (κ3) is 6.61. The van der Waals surface area contributed by atoms with E-state index in [1.807, 2.05) is 32.1 Å². The van der Waals surface area contributed by atoms with Crippen molar-refractivity contribution in [3.8, 4) is 0 Å². The molecule has 1 N–H and O–H groups in total. The van der Waals surface area contributed by atoms with E-state index in [1.165, 1.54) is 6.42 Å². The van der Waals surface area contributed by atoms with E-state index in [0.717, 1.165) is 31.4 Å². The van der Waals surface area contributed by atoms with E-state index >= 15 is 0 Å². The Balaban J connectivity index is 2.62. The first-order chi connectivity index (χ1) is 10.6. The molecule has 1 rings (SSSR count). The predicted molar refractivity (Wildman–Crippen MR) is 92.7 cm³/mol. The van der Waals surface area contributed by atoms with Gasteiger partial charge in [-0.1, -0.05) is 51.2 Å². The van der Waals surface area contributed by atoms with Gasteiger partial charge in [0.25, 0.3) is 0 Å². The summed E-state index contributed by atoms with van der Waals surface area (Å²) in [5, 5.41) is 3.36. The molecule has 3 atom stereocenters. The van der Waals surface area contributed by atoms with Gasteiger partial charge in [0.2, 0.25) is 0 Å². The summed E-state index contributed by atoms with van der Waals surface area (Å²) < 4.78 is 5.69. The topological polar surface area (TPSA) is 38.3 Å². The number of carbonyl (C=O) groups excluding carboxylic acids is 1. The first-order valence-corrected chi connectivity index (χ1v) is 8.48. The van der Waals surface area contributed by atoms with Crippen molar-refractivity contribution in [2.24, 2.45) is 5.92 Å².